The van der Waals surface area contributed by atoms with Gasteiger partial charge in [0.15, 0.2) is 11.5 Å². The fraction of sp³-hybridized carbons (Fsp3) is 0.429. The first-order valence-corrected chi connectivity index (χ1v) is 6.94. The number of hydrogen-bond donors (Lipinski definition) is 2. The molecule has 21 heavy (non-hydrogen) atoms. The molecule has 0 aliphatic heterocycles. The molecule has 0 atom stereocenters. The number of hydrogen-bond acceptors (Lipinski definition) is 4. The van der Waals surface area contributed by atoms with Gasteiger partial charge in [0.2, 0.25) is 0 Å². The van der Waals surface area contributed by atoms with Crippen molar-refractivity contribution in [2.75, 3.05) is 19.7 Å². The van der Waals surface area contributed by atoms with Gasteiger partial charge in [-0.1, -0.05) is 18.5 Å². The number of benzene rings is 1. The summed E-state index contributed by atoms with van der Waals surface area (Å²) in [6, 6.07) is 2.66. The molecule has 0 heterocycles. The SMILES string of the molecule is CCCN(CC(=O)O)C(=O)c1cc(Cl)c(O)c(OCC)c1. The van der Waals surface area contributed by atoms with E-state index in [-0.39, 0.29) is 22.1 Å². The van der Waals surface area contributed by atoms with Crippen LogP contribution < -0.4 is 4.74 Å². The number of carboxylic acid groups (broad SMARTS) is 1. The molecule has 0 fully saturated rings. The van der Waals surface area contributed by atoms with E-state index in [2.05, 4.69) is 0 Å². The van der Waals surface area contributed by atoms with Gasteiger partial charge in [-0.15, -0.1) is 0 Å². The van der Waals surface area contributed by atoms with Crippen molar-refractivity contribution in [2.45, 2.75) is 20.3 Å². The van der Waals surface area contributed by atoms with E-state index in [0.29, 0.717) is 19.6 Å². The van der Waals surface area contributed by atoms with Crippen molar-refractivity contribution in [1.29, 1.82) is 0 Å². The number of ether oxygens (including phenoxy) is 1. The summed E-state index contributed by atoms with van der Waals surface area (Å²) in [7, 11) is 0. The van der Waals surface area contributed by atoms with Crippen LogP contribution in [-0.2, 0) is 4.79 Å². The molecule has 7 heteroatoms. The van der Waals surface area contributed by atoms with Crippen LogP contribution in [0.2, 0.25) is 5.02 Å². The molecule has 1 aromatic carbocycles. The van der Waals surface area contributed by atoms with Crippen molar-refractivity contribution in [2.24, 2.45) is 0 Å². The Kier molecular flexibility index (Phi) is 6.30. The summed E-state index contributed by atoms with van der Waals surface area (Å²) in [5, 5.41) is 18.6. The quantitative estimate of drug-likeness (QED) is 0.806. The second kappa shape index (κ2) is 7.73. The molecule has 0 unspecified atom stereocenters. The van der Waals surface area contributed by atoms with Gasteiger partial charge in [-0.2, -0.15) is 0 Å². The van der Waals surface area contributed by atoms with Gasteiger partial charge in [0.05, 0.1) is 11.6 Å². The average molecular weight is 316 g/mol. The standard InChI is InChI=1S/C14H18ClNO5/c1-3-5-16(8-12(17)18)14(20)9-6-10(15)13(19)11(7-9)21-4-2/h6-7,19H,3-5,8H2,1-2H3,(H,17,18). The summed E-state index contributed by atoms with van der Waals surface area (Å²) >= 11 is 5.87. The van der Waals surface area contributed by atoms with E-state index in [1.807, 2.05) is 6.92 Å². The maximum Gasteiger partial charge on any atom is 0.323 e. The fourth-order valence-corrected chi connectivity index (χ4v) is 2.04. The van der Waals surface area contributed by atoms with E-state index < -0.39 is 18.4 Å². The predicted octanol–water partition coefficient (Wildman–Crippen LogP) is 2.38. The van der Waals surface area contributed by atoms with Crippen LogP contribution in [0.5, 0.6) is 11.5 Å². The Morgan fingerprint density at radius 3 is 2.52 bits per heavy atom. The van der Waals surface area contributed by atoms with Gasteiger partial charge in [-0.25, -0.2) is 0 Å². The number of carbonyl (C=O) groups is 2. The third kappa shape index (κ3) is 4.53. The van der Waals surface area contributed by atoms with Crippen LogP contribution in [0.3, 0.4) is 0 Å². The first kappa shape index (κ1) is 17.1. The summed E-state index contributed by atoms with van der Waals surface area (Å²) in [5.74, 6) is -1.70. The number of rotatable bonds is 7. The summed E-state index contributed by atoms with van der Waals surface area (Å²) in [5.41, 5.74) is 0.177. The molecule has 1 rings (SSSR count). The molecular formula is C14H18ClNO5. The highest BCUT2D eigenvalue weighted by Gasteiger charge is 2.21. The Morgan fingerprint density at radius 2 is 2.00 bits per heavy atom. The van der Waals surface area contributed by atoms with E-state index >= 15 is 0 Å². The van der Waals surface area contributed by atoms with Crippen molar-refractivity contribution >= 4 is 23.5 Å². The second-order valence-electron chi connectivity index (χ2n) is 4.36. The number of phenols is 1. The minimum Gasteiger partial charge on any atom is -0.503 e. The van der Waals surface area contributed by atoms with Crippen LogP contribution >= 0.6 is 11.6 Å². The number of carbonyl (C=O) groups excluding carboxylic acids is 1. The predicted molar refractivity (Wildman–Crippen MR) is 78.1 cm³/mol. The number of carboxylic acids is 1. The lowest BCUT2D eigenvalue weighted by molar-refractivity contribution is -0.137. The topological polar surface area (TPSA) is 87.1 Å². The van der Waals surface area contributed by atoms with Gasteiger partial charge in [0.25, 0.3) is 5.91 Å². The summed E-state index contributed by atoms with van der Waals surface area (Å²) in [6.45, 7) is 3.80. The minimum atomic E-state index is -1.09. The molecule has 0 saturated carbocycles. The van der Waals surface area contributed by atoms with E-state index in [1.165, 1.54) is 17.0 Å². The highest BCUT2D eigenvalue weighted by Crippen LogP contribution is 2.35. The number of halogens is 1. The minimum absolute atomic E-state index is 0.0175. The summed E-state index contributed by atoms with van der Waals surface area (Å²) in [6.07, 6.45) is 0.628. The van der Waals surface area contributed by atoms with Gasteiger partial charge in [-0.05, 0) is 25.5 Å². The van der Waals surface area contributed by atoms with Crippen molar-refractivity contribution < 1.29 is 24.5 Å². The van der Waals surface area contributed by atoms with Crippen molar-refractivity contribution in [3.8, 4) is 11.5 Å². The molecule has 6 nitrogen and oxygen atoms in total. The third-order valence-electron chi connectivity index (χ3n) is 2.68. The van der Waals surface area contributed by atoms with Crippen LogP contribution in [0.25, 0.3) is 0 Å². The van der Waals surface area contributed by atoms with Crippen LogP contribution in [0, 0.1) is 0 Å². The molecule has 1 aromatic rings. The van der Waals surface area contributed by atoms with Gasteiger partial charge in [-0.3, -0.25) is 9.59 Å². The molecule has 0 aliphatic carbocycles. The first-order chi connectivity index (χ1) is 9.90. The van der Waals surface area contributed by atoms with Crippen LogP contribution in [0.4, 0.5) is 0 Å². The zero-order valence-electron chi connectivity index (χ0n) is 11.9. The van der Waals surface area contributed by atoms with Gasteiger partial charge in [0, 0.05) is 12.1 Å². The zero-order valence-corrected chi connectivity index (χ0v) is 12.7. The zero-order chi connectivity index (χ0) is 16.0. The number of amides is 1. The number of phenolic OH excluding ortho intramolecular Hbond substituents is 1. The Bertz CT molecular complexity index is 532. The Hall–Kier alpha value is -1.95. The molecule has 2 N–H and O–H groups in total. The van der Waals surface area contributed by atoms with Crippen molar-refractivity contribution in [3.05, 3.63) is 22.7 Å². The monoisotopic (exact) mass is 315 g/mol. The van der Waals surface area contributed by atoms with Crippen LogP contribution in [-0.4, -0.2) is 46.7 Å². The van der Waals surface area contributed by atoms with Gasteiger partial charge >= 0.3 is 5.97 Å². The molecular weight excluding hydrogens is 298 g/mol. The molecule has 0 radical (unpaired) electrons. The van der Waals surface area contributed by atoms with Gasteiger partial charge < -0.3 is 19.8 Å². The third-order valence-corrected chi connectivity index (χ3v) is 2.97. The number of aliphatic carboxylic acids is 1. The maximum absolute atomic E-state index is 12.4. The Morgan fingerprint density at radius 1 is 1.33 bits per heavy atom. The van der Waals surface area contributed by atoms with Crippen molar-refractivity contribution in [3.63, 3.8) is 0 Å². The maximum atomic E-state index is 12.4. The van der Waals surface area contributed by atoms with E-state index in [0.717, 1.165) is 0 Å². The lowest BCUT2D eigenvalue weighted by Gasteiger charge is -2.20. The summed E-state index contributed by atoms with van der Waals surface area (Å²) in [4.78, 5) is 24.4. The Labute approximate surface area is 127 Å². The van der Waals surface area contributed by atoms with E-state index in [4.69, 9.17) is 21.4 Å². The smallest absolute Gasteiger partial charge is 0.323 e. The highest BCUT2D eigenvalue weighted by atomic mass is 35.5. The average Bonchev–Trinajstić information content (AvgIpc) is 2.42. The molecule has 116 valence electrons. The van der Waals surface area contributed by atoms with Crippen LogP contribution in [0.1, 0.15) is 30.6 Å². The lowest BCUT2D eigenvalue weighted by Crippen LogP contribution is -2.36. The molecule has 0 saturated heterocycles. The van der Waals surface area contributed by atoms with Crippen LogP contribution in [0.15, 0.2) is 12.1 Å². The molecule has 0 aliphatic rings. The molecule has 0 aromatic heterocycles. The Balaban J connectivity index is 3.12. The number of aromatic hydroxyl groups is 1. The number of nitrogens with zero attached hydrogens (tertiary/aromatic N) is 1. The largest absolute Gasteiger partial charge is 0.503 e. The molecule has 0 spiro atoms. The van der Waals surface area contributed by atoms with E-state index in [9.17, 15) is 14.7 Å². The summed E-state index contributed by atoms with van der Waals surface area (Å²) < 4.78 is 5.21. The normalized spacial score (nSPS) is 10.2. The molecule has 0 bridgehead atoms. The van der Waals surface area contributed by atoms with E-state index in [1.54, 1.807) is 6.92 Å². The highest BCUT2D eigenvalue weighted by molar-refractivity contribution is 6.32. The fourth-order valence-electron chi connectivity index (χ4n) is 1.83. The lowest BCUT2D eigenvalue weighted by atomic mass is 10.1. The van der Waals surface area contributed by atoms with Gasteiger partial charge in [0.1, 0.15) is 6.54 Å². The molecule has 1 amide bonds. The van der Waals surface area contributed by atoms with Crippen molar-refractivity contribution in [1.82, 2.24) is 4.90 Å². The first-order valence-electron chi connectivity index (χ1n) is 6.57. The second-order valence-corrected chi connectivity index (χ2v) is 4.77.